The molecule has 0 heterocycles. The number of aliphatic hydroxyl groups excluding tert-OH is 1. The summed E-state index contributed by atoms with van der Waals surface area (Å²) in [4.78, 5) is 21.1. The minimum absolute atomic E-state index is 0.392. The van der Waals surface area contributed by atoms with Crippen LogP contribution < -0.4 is 0 Å². The van der Waals surface area contributed by atoms with Crippen molar-refractivity contribution in [2.24, 2.45) is 0 Å². The second-order valence-electron chi connectivity index (χ2n) is 3.37. The molecule has 76 valence electrons. The lowest BCUT2D eigenvalue weighted by Gasteiger charge is -2.38. The van der Waals surface area contributed by atoms with Crippen LogP contribution in [0.3, 0.4) is 0 Å². The van der Waals surface area contributed by atoms with Crippen molar-refractivity contribution in [2.75, 3.05) is 20.1 Å². The molecule has 4 nitrogen and oxygen atoms in total. The minimum Gasteiger partial charge on any atom is -0.379 e. The Morgan fingerprint density at radius 2 is 1.69 bits per heavy atom. The van der Waals surface area contributed by atoms with Crippen molar-refractivity contribution < 1.29 is 19.2 Å². The van der Waals surface area contributed by atoms with Crippen LogP contribution in [-0.4, -0.2) is 54.4 Å². The molecule has 2 unspecified atom stereocenters. The first-order valence-corrected chi connectivity index (χ1v) is 4.48. The normalized spacial score (nSPS) is 16.3. The summed E-state index contributed by atoms with van der Waals surface area (Å²) in [5, 5.41) is 9.30. The lowest BCUT2D eigenvalue weighted by molar-refractivity contribution is -0.922. The fourth-order valence-corrected chi connectivity index (χ4v) is 1.32. The SMILES string of the molecule is CC[N+](C)(CC)C(C=O)C(O)C=O. The second kappa shape index (κ2) is 5.09. The standard InChI is InChI=1S/C9H18NO3/c1-4-10(3,5-2)8(6-11)9(13)7-12/h6-9,13H,4-5H2,1-3H3/q+1. The van der Waals surface area contributed by atoms with Crippen molar-refractivity contribution in [2.45, 2.75) is 26.0 Å². The van der Waals surface area contributed by atoms with Gasteiger partial charge in [0, 0.05) is 0 Å². The molecule has 1 N–H and O–H groups in total. The van der Waals surface area contributed by atoms with Crippen LogP contribution in [0.5, 0.6) is 0 Å². The van der Waals surface area contributed by atoms with Crippen molar-refractivity contribution in [3.05, 3.63) is 0 Å². The summed E-state index contributed by atoms with van der Waals surface area (Å²) in [5.41, 5.74) is 0. The van der Waals surface area contributed by atoms with Gasteiger partial charge in [0.2, 0.25) is 0 Å². The van der Waals surface area contributed by atoms with Crippen LogP contribution in [0.4, 0.5) is 0 Å². The highest BCUT2D eigenvalue weighted by atomic mass is 16.3. The van der Waals surface area contributed by atoms with Crippen LogP contribution in [0, 0.1) is 0 Å². The van der Waals surface area contributed by atoms with Gasteiger partial charge in [0.15, 0.2) is 24.7 Å². The van der Waals surface area contributed by atoms with Crippen LogP contribution in [0.15, 0.2) is 0 Å². The van der Waals surface area contributed by atoms with Crippen molar-refractivity contribution in [3.63, 3.8) is 0 Å². The van der Waals surface area contributed by atoms with Crippen LogP contribution in [0.2, 0.25) is 0 Å². The lowest BCUT2D eigenvalue weighted by Crippen LogP contribution is -2.58. The van der Waals surface area contributed by atoms with E-state index in [1.807, 2.05) is 20.9 Å². The largest absolute Gasteiger partial charge is 0.379 e. The van der Waals surface area contributed by atoms with Crippen LogP contribution in [-0.2, 0) is 9.59 Å². The van der Waals surface area contributed by atoms with E-state index in [0.717, 1.165) is 0 Å². The Hall–Kier alpha value is -0.740. The van der Waals surface area contributed by atoms with Crippen LogP contribution >= 0.6 is 0 Å². The predicted octanol–water partition coefficient (Wildman–Crippen LogP) is -0.400. The van der Waals surface area contributed by atoms with Crippen molar-refractivity contribution in [3.8, 4) is 0 Å². The fraction of sp³-hybridized carbons (Fsp3) is 0.778. The third-order valence-corrected chi connectivity index (χ3v) is 2.79. The number of carbonyl (C=O) groups is 2. The molecule has 0 aliphatic rings. The zero-order valence-corrected chi connectivity index (χ0v) is 8.43. The molecule has 2 atom stereocenters. The van der Waals surface area contributed by atoms with Gasteiger partial charge in [-0.15, -0.1) is 0 Å². The number of nitrogens with zero attached hydrogens (tertiary/aromatic N) is 1. The second-order valence-corrected chi connectivity index (χ2v) is 3.37. The van der Waals surface area contributed by atoms with E-state index in [2.05, 4.69) is 0 Å². The minimum atomic E-state index is -1.19. The first-order valence-electron chi connectivity index (χ1n) is 4.48. The molecule has 0 aromatic heterocycles. The van der Waals surface area contributed by atoms with Crippen LogP contribution in [0.1, 0.15) is 13.8 Å². The maximum absolute atomic E-state index is 10.7. The first kappa shape index (κ1) is 12.3. The Morgan fingerprint density at radius 1 is 1.23 bits per heavy atom. The maximum atomic E-state index is 10.7. The molecule has 0 spiro atoms. The van der Waals surface area contributed by atoms with Gasteiger partial charge < -0.3 is 14.4 Å². The number of quaternary nitrogens is 1. The highest BCUT2D eigenvalue weighted by molar-refractivity contribution is 5.68. The summed E-state index contributed by atoms with van der Waals surface area (Å²) < 4.78 is 0.392. The zero-order valence-electron chi connectivity index (χ0n) is 8.43. The Kier molecular flexibility index (Phi) is 4.80. The van der Waals surface area contributed by atoms with Gasteiger partial charge in [-0.05, 0) is 13.8 Å². The molecule has 0 aromatic rings. The monoisotopic (exact) mass is 188 g/mol. The molecule has 0 radical (unpaired) electrons. The number of hydrogen-bond donors (Lipinski definition) is 1. The van der Waals surface area contributed by atoms with Gasteiger partial charge in [-0.2, -0.15) is 0 Å². The van der Waals surface area contributed by atoms with E-state index in [1.54, 1.807) is 0 Å². The van der Waals surface area contributed by atoms with E-state index in [0.29, 0.717) is 30.1 Å². The van der Waals surface area contributed by atoms with E-state index in [1.165, 1.54) is 0 Å². The average Bonchev–Trinajstić information content (AvgIpc) is 2.18. The van der Waals surface area contributed by atoms with Gasteiger partial charge in [-0.1, -0.05) is 0 Å². The Labute approximate surface area is 78.7 Å². The van der Waals surface area contributed by atoms with Gasteiger partial charge in [0.05, 0.1) is 20.1 Å². The Bertz CT molecular complexity index is 178. The summed E-state index contributed by atoms with van der Waals surface area (Å²) in [5.74, 6) is 0. The maximum Gasteiger partial charge on any atom is 0.180 e. The number of aldehydes is 2. The topological polar surface area (TPSA) is 54.4 Å². The molecule has 0 aliphatic carbocycles. The van der Waals surface area contributed by atoms with E-state index in [9.17, 15) is 14.7 Å². The number of likely N-dealkylation sites (N-methyl/N-ethyl adjacent to an activating group) is 1. The molecule has 0 rings (SSSR count). The molecule has 0 aliphatic heterocycles. The highest BCUT2D eigenvalue weighted by Crippen LogP contribution is 2.10. The molecule has 0 fully saturated rings. The lowest BCUT2D eigenvalue weighted by atomic mass is 10.1. The number of carbonyl (C=O) groups excluding carboxylic acids is 2. The molecule has 0 saturated carbocycles. The molecule has 0 saturated heterocycles. The van der Waals surface area contributed by atoms with Crippen molar-refractivity contribution in [1.82, 2.24) is 0 Å². The summed E-state index contributed by atoms with van der Waals surface area (Å²) in [6, 6.07) is -0.646. The third-order valence-electron chi connectivity index (χ3n) is 2.79. The van der Waals surface area contributed by atoms with Gasteiger partial charge >= 0.3 is 0 Å². The third kappa shape index (κ3) is 2.60. The summed E-state index contributed by atoms with van der Waals surface area (Å²) in [6.07, 6.45) is -0.116. The highest BCUT2D eigenvalue weighted by Gasteiger charge is 2.35. The summed E-state index contributed by atoms with van der Waals surface area (Å²) in [7, 11) is 1.85. The average molecular weight is 188 g/mol. The van der Waals surface area contributed by atoms with E-state index in [-0.39, 0.29) is 0 Å². The molecule has 0 amide bonds. The smallest absolute Gasteiger partial charge is 0.180 e. The van der Waals surface area contributed by atoms with Gasteiger partial charge in [0.1, 0.15) is 0 Å². The zero-order chi connectivity index (χ0) is 10.5. The Balaban J connectivity index is 4.71. The molecule has 13 heavy (non-hydrogen) atoms. The van der Waals surface area contributed by atoms with Gasteiger partial charge in [-0.3, -0.25) is 4.79 Å². The number of aliphatic hydroxyl groups is 1. The Morgan fingerprint density at radius 3 is 1.92 bits per heavy atom. The summed E-state index contributed by atoms with van der Waals surface area (Å²) in [6.45, 7) is 5.28. The van der Waals surface area contributed by atoms with E-state index in [4.69, 9.17) is 0 Å². The van der Waals surface area contributed by atoms with E-state index >= 15 is 0 Å². The predicted molar refractivity (Wildman–Crippen MR) is 49.2 cm³/mol. The molecule has 0 aromatic carbocycles. The van der Waals surface area contributed by atoms with Crippen LogP contribution in [0.25, 0.3) is 0 Å². The quantitative estimate of drug-likeness (QED) is 0.456. The molecule has 0 bridgehead atoms. The van der Waals surface area contributed by atoms with Crippen molar-refractivity contribution in [1.29, 1.82) is 0 Å². The molecular formula is C9H18NO3+. The van der Waals surface area contributed by atoms with Gasteiger partial charge in [-0.25, -0.2) is 0 Å². The van der Waals surface area contributed by atoms with Crippen molar-refractivity contribution >= 4 is 12.6 Å². The number of hydrogen-bond acceptors (Lipinski definition) is 3. The van der Waals surface area contributed by atoms with Gasteiger partial charge in [0.25, 0.3) is 0 Å². The summed E-state index contributed by atoms with van der Waals surface area (Å²) >= 11 is 0. The first-order chi connectivity index (χ1) is 6.05. The molecular weight excluding hydrogens is 170 g/mol. The number of rotatable bonds is 6. The molecule has 4 heteroatoms. The van der Waals surface area contributed by atoms with E-state index < -0.39 is 12.1 Å². The fourth-order valence-electron chi connectivity index (χ4n) is 1.32.